The Bertz CT molecular complexity index is 3300. The molecule has 4 aromatic heterocycles. The predicted octanol–water partition coefficient (Wildman–Crippen LogP) is 3.49. The molecule has 4 aliphatic heterocycles. The van der Waals surface area contributed by atoms with Crippen molar-refractivity contribution in [3.05, 3.63) is 151 Å². The Morgan fingerprint density at radius 2 is 0.945 bits per heavy atom. The van der Waals surface area contributed by atoms with Crippen molar-refractivity contribution in [3.8, 4) is 24.7 Å². The van der Waals surface area contributed by atoms with E-state index >= 15 is 0 Å². The van der Waals surface area contributed by atoms with Gasteiger partial charge in [0, 0.05) is 69.7 Å². The molecule has 4 aromatic rings. The van der Waals surface area contributed by atoms with Gasteiger partial charge >= 0.3 is 22.8 Å². The third-order valence-corrected chi connectivity index (χ3v) is 12.9. The Hall–Kier alpha value is -7.70. The van der Waals surface area contributed by atoms with Gasteiger partial charge in [-0.05, 0) is 76.3 Å². The molecule has 12 atom stereocenters. The largest absolute Gasteiger partial charge is 0.354 e. The number of nitrogens with one attached hydrogen (secondary N) is 4. The van der Waals surface area contributed by atoms with Gasteiger partial charge in [-0.1, -0.05) is 43.8 Å². The minimum Gasteiger partial charge on any atom is -0.354 e. The number of rotatable bonds is 9. The fraction of sp³-hybridized carbons (Fsp3) is 0.574. The van der Waals surface area contributed by atoms with Crippen molar-refractivity contribution < 1.29 is 18.9 Å². The lowest BCUT2D eigenvalue weighted by Gasteiger charge is -2.15. The molecule has 26 nitrogen and oxygen atoms in total. The number of hydrogen-bond acceptors (Lipinski definition) is 14. The van der Waals surface area contributed by atoms with Crippen LogP contribution in [0.1, 0.15) is 113 Å². The molecule has 0 unspecified atom stereocenters. The first-order valence-corrected chi connectivity index (χ1v) is 23.6. The highest BCUT2D eigenvalue weighted by Gasteiger charge is 2.37. The smallest absolute Gasteiger partial charge is 0.330 e. The topological polar surface area (TPSA) is 354 Å². The van der Waals surface area contributed by atoms with Crippen molar-refractivity contribution in [2.75, 3.05) is 6.54 Å². The summed E-state index contributed by atoms with van der Waals surface area (Å²) in [5.41, 5.74) is 15.2. The number of ether oxygens (including phenoxy) is 4. The Morgan fingerprint density at radius 3 is 1.32 bits per heavy atom. The molecular formula is C47H60N14O12. The van der Waals surface area contributed by atoms with Crippen molar-refractivity contribution in [2.24, 2.45) is 28.0 Å². The molecule has 0 aliphatic carbocycles. The van der Waals surface area contributed by atoms with Crippen LogP contribution in [0, 0.1) is 70.1 Å². The highest BCUT2D eigenvalue weighted by atomic mass is 16.5. The average Bonchev–Trinajstić information content (AvgIpc) is 4.15. The molecule has 73 heavy (non-hydrogen) atoms. The van der Waals surface area contributed by atoms with E-state index in [0.29, 0.717) is 54.4 Å². The van der Waals surface area contributed by atoms with Crippen LogP contribution in [0.5, 0.6) is 0 Å². The summed E-state index contributed by atoms with van der Waals surface area (Å²) in [4.78, 5) is 107. The van der Waals surface area contributed by atoms with E-state index in [1.165, 1.54) is 43.1 Å². The summed E-state index contributed by atoms with van der Waals surface area (Å²) in [5.74, 6) is 5.63. The lowest BCUT2D eigenvalue weighted by Crippen LogP contribution is -2.33. The highest BCUT2D eigenvalue weighted by molar-refractivity contribution is 5.07. The number of terminal acetylenes is 2. The Labute approximate surface area is 416 Å². The maximum Gasteiger partial charge on any atom is 0.330 e. The van der Waals surface area contributed by atoms with E-state index in [1.54, 1.807) is 27.7 Å². The van der Waals surface area contributed by atoms with Crippen LogP contribution in [0.3, 0.4) is 0 Å². The van der Waals surface area contributed by atoms with E-state index in [4.69, 9.17) is 42.9 Å². The number of H-pyrrole nitrogens is 4. The Kier molecular flexibility index (Phi) is 19.3. The van der Waals surface area contributed by atoms with Gasteiger partial charge in [-0.3, -0.25) is 57.4 Å². The third kappa shape index (κ3) is 13.6. The van der Waals surface area contributed by atoms with Crippen molar-refractivity contribution in [1.82, 2.24) is 38.2 Å². The Morgan fingerprint density at radius 1 is 0.562 bits per heavy atom. The summed E-state index contributed by atoms with van der Waals surface area (Å²) >= 11 is 0. The fourth-order valence-electron chi connectivity index (χ4n) is 8.66. The highest BCUT2D eigenvalue weighted by Crippen LogP contribution is 2.35. The van der Waals surface area contributed by atoms with Crippen molar-refractivity contribution >= 4 is 0 Å². The number of aryl methyl sites for hydroxylation is 4. The Balaban J connectivity index is 0.000000181. The summed E-state index contributed by atoms with van der Waals surface area (Å²) < 4.78 is 28.3. The predicted molar refractivity (Wildman–Crippen MR) is 265 cm³/mol. The maximum absolute atomic E-state index is 11.8. The zero-order chi connectivity index (χ0) is 53.8. The molecule has 0 bridgehead atoms. The van der Waals surface area contributed by atoms with E-state index in [9.17, 15) is 38.4 Å². The monoisotopic (exact) mass is 1010 g/mol. The molecule has 0 saturated carbocycles. The van der Waals surface area contributed by atoms with Gasteiger partial charge in [0.25, 0.3) is 22.2 Å². The second-order valence-electron chi connectivity index (χ2n) is 18.2. The third-order valence-electron chi connectivity index (χ3n) is 12.9. The van der Waals surface area contributed by atoms with E-state index in [2.05, 4.69) is 51.8 Å². The van der Waals surface area contributed by atoms with Crippen LogP contribution in [-0.4, -0.2) is 75.2 Å². The second kappa shape index (κ2) is 25.1. The lowest BCUT2D eigenvalue weighted by atomic mass is 10.0. The minimum atomic E-state index is -0.517. The van der Waals surface area contributed by atoms with E-state index < -0.39 is 52.6 Å². The first-order valence-electron chi connectivity index (χ1n) is 23.6. The van der Waals surface area contributed by atoms with Crippen LogP contribution in [0.2, 0.25) is 0 Å². The molecule has 390 valence electrons. The summed E-state index contributed by atoms with van der Waals surface area (Å²) in [7, 11) is 0. The molecule has 4 N–H and O–H groups in total. The molecular weight excluding hydrogens is 953 g/mol. The number of aromatic amines is 4. The van der Waals surface area contributed by atoms with Gasteiger partial charge in [-0.2, -0.15) is 0 Å². The van der Waals surface area contributed by atoms with E-state index in [0.717, 1.165) is 6.42 Å². The molecule has 26 heteroatoms. The van der Waals surface area contributed by atoms with Gasteiger partial charge in [0.2, 0.25) is 0 Å². The van der Waals surface area contributed by atoms with Crippen molar-refractivity contribution in [3.63, 3.8) is 0 Å². The second-order valence-corrected chi connectivity index (χ2v) is 18.2. The maximum atomic E-state index is 11.8. The molecule has 4 fully saturated rings. The molecule has 0 radical (unpaired) electrons. The van der Waals surface area contributed by atoms with E-state index in [1.807, 2.05) is 27.7 Å². The van der Waals surface area contributed by atoms with Gasteiger partial charge in [0.05, 0.1) is 36.8 Å². The van der Waals surface area contributed by atoms with Crippen LogP contribution < -0.4 is 45.0 Å². The molecule has 0 aromatic carbocycles. The zero-order valence-electron chi connectivity index (χ0n) is 41.7. The van der Waals surface area contributed by atoms with Gasteiger partial charge in [-0.25, -0.2) is 19.2 Å². The SMILES string of the molecule is C#C[C@@H]1C[C@H](n2cc(C)c(=O)[nH]c2=O)O[C@@H]1CC.C#C[C@H]1O[C@@H](n2cc(C)c(=O)[nH]c2=O)C[C@H]1C.CC[C@H]1O[C@@H](n2cc(C)c(=O)[nH]c2=O)C[C@H]1N=[N+]=[N-].Cc1cn([C@H]2C[C@@H](C)[C@@H](CN=[N+]=[N-])O2)c(=O)[nH]c1=O. The first-order chi connectivity index (χ1) is 34.7. The normalized spacial score (nSPS) is 26.8. The van der Waals surface area contributed by atoms with Gasteiger partial charge in [0.1, 0.15) is 31.0 Å². The minimum absolute atomic E-state index is 0.0131. The van der Waals surface area contributed by atoms with Crippen LogP contribution in [-0.2, 0) is 18.9 Å². The van der Waals surface area contributed by atoms with Gasteiger partial charge in [-0.15, -0.1) is 18.8 Å². The number of aromatic nitrogens is 8. The molecule has 8 heterocycles. The van der Waals surface area contributed by atoms with Crippen molar-refractivity contribution in [2.45, 2.75) is 149 Å². The van der Waals surface area contributed by atoms with Crippen LogP contribution >= 0.6 is 0 Å². The summed E-state index contributed by atoms with van der Waals surface area (Å²) in [5, 5.41) is 7.19. The number of azide groups is 2. The average molecular weight is 1010 g/mol. The molecule has 4 aliphatic rings. The standard InChI is InChI=1S/C13H16N2O3.C12H14N2O3.2C11H15N5O3/c1-4-9-6-11(18-10(9)5-2)15-7-8(3)12(16)14-13(15)17;1-4-9-7(2)5-10(17-9)14-6-8(3)11(15)13-12(14)16;1-6-3-9(19-8(6)4-13-15-12)16-5-7(2)10(17)14-11(16)18;1-3-8-7(14-15-12)4-9(19-8)16-5-6(2)10(17)13-11(16)18/h1,7,9-11H,5-6H2,2-3H3,(H,14,16,17);1,6-7,9-10H,5H2,2-3H3,(H,13,15,16);5-6,8-9H,3-4H2,1-2H3,(H,14,17,18);5,7-9H,3-4H2,1-2H3,(H,13,17,18)/t9-,10-,11-;7-,9-,10-;6-,8-,9-;7-,8-,9-/m1111/s1. The number of hydrogen-bond donors (Lipinski definition) is 4. The fourth-order valence-corrected chi connectivity index (χ4v) is 8.66. The van der Waals surface area contributed by atoms with Crippen LogP contribution in [0.15, 0.2) is 73.4 Å². The summed E-state index contributed by atoms with van der Waals surface area (Å²) in [6.45, 7) is 14.7. The van der Waals surface area contributed by atoms with Crippen molar-refractivity contribution in [1.29, 1.82) is 0 Å². The van der Waals surface area contributed by atoms with E-state index in [-0.39, 0.29) is 72.1 Å². The first kappa shape index (κ1) is 56.2. The van der Waals surface area contributed by atoms with Gasteiger partial charge < -0.3 is 18.9 Å². The lowest BCUT2D eigenvalue weighted by molar-refractivity contribution is -0.00566. The number of nitrogens with zero attached hydrogens (tertiary/aromatic N) is 10. The van der Waals surface area contributed by atoms with Crippen LogP contribution in [0.25, 0.3) is 20.9 Å². The molecule has 4 saturated heterocycles. The van der Waals surface area contributed by atoms with Crippen LogP contribution in [0.4, 0.5) is 0 Å². The van der Waals surface area contributed by atoms with Gasteiger partial charge in [0.15, 0.2) is 0 Å². The summed E-state index contributed by atoms with van der Waals surface area (Å²) in [6.07, 6.45) is 18.2. The quantitative estimate of drug-likeness (QED) is 0.0810. The molecule has 0 spiro atoms. The summed E-state index contributed by atoms with van der Waals surface area (Å²) in [6, 6.07) is -0.292. The zero-order valence-corrected chi connectivity index (χ0v) is 41.7. The molecule has 0 amide bonds. The molecule has 8 rings (SSSR count).